The molecule has 1 saturated heterocycles. The fraction of sp³-hybridized carbons (Fsp3) is 0.294. The van der Waals surface area contributed by atoms with Crippen molar-refractivity contribution in [2.24, 2.45) is 0 Å². The number of hydrogen-bond acceptors (Lipinski definition) is 4. The summed E-state index contributed by atoms with van der Waals surface area (Å²) in [5.41, 5.74) is 4.02. The first-order valence-corrected chi connectivity index (χ1v) is 10.3. The van der Waals surface area contributed by atoms with E-state index in [0.717, 1.165) is 25.9 Å². The van der Waals surface area contributed by atoms with E-state index < -0.39 is 10.0 Å². The van der Waals surface area contributed by atoms with E-state index in [0.29, 0.717) is 10.7 Å². The lowest BCUT2D eigenvalue weighted by Gasteiger charge is -2.29. The minimum atomic E-state index is -3.72. The molecule has 0 bridgehead atoms. The second-order valence-electron chi connectivity index (χ2n) is 5.86. The van der Waals surface area contributed by atoms with Gasteiger partial charge in [-0.3, -0.25) is 4.72 Å². The van der Waals surface area contributed by atoms with Crippen molar-refractivity contribution in [2.45, 2.75) is 24.2 Å². The van der Waals surface area contributed by atoms with E-state index in [1.54, 1.807) is 30.3 Å². The Hall–Kier alpha value is -1.47. The number of rotatable bonds is 5. The second kappa shape index (κ2) is 7.83. The van der Waals surface area contributed by atoms with Crippen LogP contribution in [0.2, 0.25) is 10.0 Å². The van der Waals surface area contributed by atoms with Crippen LogP contribution in [0.5, 0.6) is 0 Å². The highest BCUT2D eigenvalue weighted by atomic mass is 35.5. The average Bonchev–Trinajstić information content (AvgIpc) is 2.63. The maximum absolute atomic E-state index is 12.5. The summed E-state index contributed by atoms with van der Waals surface area (Å²) in [5.74, 6) is 0. The molecule has 1 heterocycles. The molecule has 3 rings (SSSR count). The highest BCUT2D eigenvalue weighted by Gasteiger charge is 2.20. The SMILES string of the molecule is O=S(=O)(Nc1ccc(Cl)c(NN2CCCCC2)c1Cl)c1ccccc1. The molecule has 1 aliphatic rings. The third-order valence-corrected chi connectivity index (χ3v) is 6.10. The second-order valence-corrected chi connectivity index (χ2v) is 8.33. The van der Waals surface area contributed by atoms with Gasteiger partial charge < -0.3 is 5.43 Å². The molecule has 0 aliphatic carbocycles. The predicted molar refractivity (Wildman–Crippen MR) is 103 cm³/mol. The Morgan fingerprint density at radius 1 is 0.920 bits per heavy atom. The molecular weight excluding hydrogens is 381 g/mol. The fourth-order valence-electron chi connectivity index (χ4n) is 2.70. The van der Waals surface area contributed by atoms with Crippen LogP contribution in [0, 0.1) is 0 Å². The Bertz CT molecular complexity index is 838. The van der Waals surface area contributed by atoms with Crippen LogP contribution in [0.4, 0.5) is 11.4 Å². The summed E-state index contributed by atoms with van der Waals surface area (Å²) in [4.78, 5) is 0.173. The van der Waals surface area contributed by atoms with Gasteiger partial charge in [0.25, 0.3) is 10.0 Å². The number of sulfonamides is 1. The molecule has 0 atom stereocenters. The summed E-state index contributed by atoms with van der Waals surface area (Å²) >= 11 is 12.7. The van der Waals surface area contributed by atoms with Crippen molar-refractivity contribution in [1.82, 2.24) is 5.01 Å². The molecule has 0 radical (unpaired) electrons. The summed E-state index contributed by atoms with van der Waals surface area (Å²) in [6.45, 7) is 1.79. The third kappa shape index (κ3) is 4.39. The monoisotopic (exact) mass is 399 g/mol. The van der Waals surface area contributed by atoms with Gasteiger partial charge in [0, 0.05) is 13.1 Å². The van der Waals surface area contributed by atoms with Crippen molar-refractivity contribution < 1.29 is 8.42 Å². The van der Waals surface area contributed by atoms with Gasteiger partial charge in [-0.2, -0.15) is 0 Å². The van der Waals surface area contributed by atoms with Gasteiger partial charge in [0.05, 0.1) is 26.3 Å². The van der Waals surface area contributed by atoms with E-state index >= 15 is 0 Å². The number of halogens is 2. The van der Waals surface area contributed by atoms with Crippen LogP contribution in [0.15, 0.2) is 47.4 Å². The first-order chi connectivity index (χ1) is 12.0. The molecule has 0 saturated carbocycles. The maximum atomic E-state index is 12.5. The lowest BCUT2D eigenvalue weighted by molar-refractivity contribution is 0.273. The van der Waals surface area contributed by atoms with Crippen molar-refractivity contribution >= 4 is 44.6 Å². The molecule has 2 aromatic carbocycles. The van der Waals surface area contributed by atoms with E-state index in [-0.39, 0.29) is 15.6 Å². The molecule has 25 heavy (non-hydrogen) atoms. The fourth-order valence-corrected chi connectivity index (χ4v) is 4.35. The molecule has 0 spiro atoms. The van der Waals surface area contributed by atoms with Gasteiger partial charge in [0.1, 0.15) is 0 Å². The van der Waals surface area contributed by atoms with Crippen LogP contribution in [-0.4, -0.2) is 26.5 Å². The molecule has 0 amide bonds. The Kier molecular flexibility index (Phi) is 5.74. The number of nitrogens with one attached hydrogen (secondary N) is 2. The lowest BCUT2D eigenvalue weighted by Crippen LogP contribution is -2.35. The average molecular weight is 400 g/mol. The zero-order chi connectivity index (χ0) is 17.9. The van der Waals surface area contributed by atoms with Crippen LogP contribution in [0.25, 0.3) is 0 Å². The molecular formula is C17H19Cl2N3O2S. The summed E-state index contributed by atoms with van der Waals surface area (Å²) in [6, 6.07) is 11.3. The highest BCUT2D eigenvalue weighted by molar-refractivity contribution is 7.92. The maximum Gasteiger partial charge on any atom is 0.261 e. The van der Waals surface area contributed by atoms with Gasteiger partial charge in [0.2, 0.25) is 0 Å². The van der Waals surface area contributed by atoms with Crippen molar-refractivity contribution in [2.75, 3.05) is 23.2 Å². The lowest BCUT2D eigenvalue weighted by atomic mass is 10.2. The molecule has 134 valence electrons. The number of nitrogens with zero attached hydrogens (tertiary/aromatic N) is 1. The number of hydrogen-bond donors (Lipinski definition) is 2. The standard InChI is InChI=1S/C17H19Cl2N3O2S/c18-14-9-10-15(21-25(23,24)13-7-3-1-4-8-13)16(19)17(14)20-22-11-5-2-6-12-22/h1,3-4,7-10,20-21H,2,5-6,11-12H2. The topological polar surface area (TPSA) is 61.4 Å². The Labute approximate surface area is 158 Å². The van der Waals surface area contributed by atoms with Crippen molar-refractivity contribution in [3.63, 3.8) is 0 Å². The quantitative estimate of drug-likeness (QED) is 0.770. The number of hydrazine groups is 1. The van der Waals surface area contributed by atoms with E-state index in [4.69, 9.17) is 23.2 Å². The Balaban J connectivity index is 1.86. The van der Waals surface area contributed by atoms with Gasteiger partial charge in [-0.1, -0.05) is 47.8 Å². The van der Waals surface area contributed by atoms with E-state index in [9.17, 15) is 8.42 Å². The number of piperidine rings is 1. The minimum Gasteiger partial charge on any atom is -0.316 e. The minimum absolute atomic E-state index is 0.173. The molecule has 0 unspecified atom stereocenters. The van der Waals surface area contributed by atoms with E-state index in [1.807, 2.05) is 5.01 Å². The highest BCUT2D eigenvalue weighted by Crippen LogP contribution is 2.37. The van der Waals surface area contributed by atoms with E-state index in [1.165, 1.54) is 18.6 Å². The van der Waals surface area contributed by atoms with Crippen LogP contribution in [0.1, 0.15) is 19.3 Å². The summed E-state index contributed by atoms with van der Waals surface area (Å²) in [6.07, 6.45) is 3.40. The summed E-state index contributed by atoms with van der Waals surface area (Å²) < 4.78 is 27.5. The third-order valence-electron chi connectivity index (χ3n) is 4.01. The van der Waals surface area contributed by atoms with Crippen LogP contribution >= 0.6 is 23.2 Å². The van der Waals surface area contributed by atoms with Crippen LogP contribution in [-0.2, 0) is 10.0 Å². The molecule has 8 heteroatoms. The van der Waals surface area contributed by atoms with E-state index in [2.05, 4.69) is 10.1 Å². The molecule has 1 aliphatic heterocycles. The van der Waals surface area contributed by atoms with Gasteiger partial charge in [-0.05, 0) is 37.1 Å². The molecule has 2 N–H and O–H groups in total. The van der Waals surface area contributed by atoms with Crippen molar-refractivity contribution in [3.05, 3.63) is 52.5 Å². The zero-order valence-electron chi connectivity index (χ0n) is 13.5. The normalized spacial score (nSPS) is 15.8. The van der Waals surface area contributed by atoms with Crippen molar-refractivity contribution in [1.29, 1.82) is 0 Å². The van der Waals surface area contributed by atoms with Crippen LogP contribution in [0.3, 0.4) is 0 Å². The van der Waals surface area contributed by atoms with Crippen molar-refractivity contribution in [3.8, 4) is 0 Å². The first kappa shape index (κ1) is 18.3. The molecule has 5 nitrogen and oxygen atoms in total. The van der Waals surface area contributed by atoms with Gasteiger partial charge >= 0.3 is 0 Å². The van der Waals surface area contributed by atoms with Gasteiger partial charge in [0.15, 0.2) is 0 Å². The smallest absolute Gasteiger partial charge is 0.261 e. The molecule has 2 aromatic rings. The molecule has 1 fully saturated rings. The number of benzene rings is 2. The number of anilines is 2. The Morgan fingerprint density at radius 2 is 1.60 bits per heavy atom. The van der Waals surface area contributed by atoms with Crippen LogP contribution < -0.4 is 10.1 Å². The Morgan fingerprint density at radius 3 is 2.28 bits per heavy atom. The summed E-state index contributed by atoms with van der Waals surface area (Å²) in [5, 5.41) is 2.74. The zero-order valence-corrected chi connectivity index (χ0v) is 15.8. The van der Waals surface area contributed by atoms with Gasteiger partial charge in [-0.25, -0.2) is 13.4 Å². The summed E-state index contributed by atoms with van der Waals surface area (Å²) in [7, 11) is -3.72. The largest absolute Gasteiger partial charge is 0.316 e. The molecule has 0 aromatic heterocycles. The predicted octanol–water partition coefficient (Wildman–Crippen LogP) is 4.61. The first-order valence-electron chi connectivity index (χ1n) is 8.05. The van der Waals surface area contributed by atoms with Gasteiger partial charge in [-0.15, -0.1) is 0 Å².